The van der Waals surface area contributed by atoms with Crippen molar-refractivity contribution in [1.82, 2.24) is 0 Å². The second kappa shape index (κ2) is 6.14. The van der Waals surface area contributed by atoms with E-state index in [2.05, 4.69) is 0 Å². The number of nitrogens with two attached hydrogens (primary N) is 1. The van der Waals surface area contributed by atoms with Gasteiger partial charge in [-0.1, -0.05) is 32.1 Å². The number of hydrogen-bond acceptors (Lipinski definition) is 4. The summed E-state index contributed by atoms with van der Waals surface area (Å²) in [5.74, 6) is 0.620. The maximum Gasteiger partial charge on any atom is 0.177 e. The normalized spacial score (nSPS) is 27.9. The lowest BCUT2D eigenvalue weighted by molar-refractivity contribution is -0.221. The molecule has 100 valence electrons. The summed E-state index contributed by atoms with van der Waals surface area (Å²) in [6.45, 7) is 1.32. The minimum atomic E-state index is -0.720. The minimum absolute atomic E-state index is 0.0613. The summed E-state index contributed by atoms with van der Waals surface area (Å²) in [6, 6.07) is 0. The Balaban J connectivity index is 1.91. The van der Waals surface area contributed by atoms with Gasteiger partial charge in [0.2, 0.25) is 0 Å². The van der Waals surface area contributed by atoms with Crippen molar-refractivity contribution in [3.8, 4) is 0 Å². The fourth-order valence-electron chi connectivity index (χ4n) is 2.98. The van der Waals surface area contributed by atoms with Gasteiger partial charge in [0.05, 0.1) is 25.4 Å². The lowest BCUT2D eigenvalue weighted by atomic mass is 9.79. The molecule has 1 aliphatic heterocycles. The first-order valence-corrected chi connectivity index (χ1v) is 6.87. The van der Waals surface area contributed by atoms with Crippen molar-refractivity contribution >= 4 is 0 Å². The second-order valence-electron chi connectivity index (χ2n) is 5.53. The number of rotatable bonds is 4. The van der Waals surface area contributed by atoms with Crippen LogP contribution in [0.2, 0.25) is 0 Å². The summed E-state index contributed by atoms with van der Waals surface area (Å²) in [6.07, 6.45) is 7.68. The minimum Gasteiger partial charge on any atom is -0.394 e. The first-order valence-electron chi connectivity index (χ1n) is 6.87. The first-order chi connectivity index (χ1) is 8.24. The van der Waals surface area contributed by atoms with E-state index >= 15 is 0 Å². The van der Waals surface area contributed by atoms with Crippen LogP contribution < -0.4 is 5.73 Å². The molecule has 0 aromatic rings. The monoisotopic (exact) mass is 243 g/mol. The SMILES string of the molecule is N[C@](CO)(CC1CCCCC1)C1OCCCO1. The molecule has 0 unspecified atom stereocenters. The molecule has 0 bridgehead atoms. The van der Waals surface area contributed by atoms with E-state index in [1.54, 1.807) is 0 Å². The molecule has 0 radical (unpaired) electrons. The maximum absolute atomic E-state index is 9.58. The molecular formula is C13H25NO3. The number of hydrogen-bond donors (Lipinski definition) is 2. The topological polar surface area (TPSA) is 64.7 Å². The molecule has 3 N–H and O–H groups in total. The Morgan fingerprint density at radius 2 is 1.71 bits per heavy atom. The molecule has 1 saturated carbocycles. The summed E-state index contributed by atoms with van der Waals surface area (Å²) in [5.41, 5.74) is 5.58. The molecule has 0 aromatic heterocycles. The molecule has 4 heteroatoms. The largest absolute Gasteiger partial charge is 0.394 e. The van der Waals surface area contributed by atoms with Gasteiger partial charge in [-0.15, -0.1) is 0 Å². The van der Waals surface area contributed by atoms with Crippen molar-refractivity contribution in [2.24, 2.45) is 11.7 Å². The van der Waals surface area contributed by atoms with Crippen molar-refractivity contribution in [2.45, 2.75) is 56.8 Å². The Morgan fingerprint density at radius 3 is 2.29 bits per heavy atom. The van der Waals surface area contributed by atoms with Crippen LogP contribution in [-0.4, -0.2) is 36.8 Å². The molecule has 0 amide bonds. The molecule has 2 rings (SSSR count). The zero-order valence-corrected chi connectivity index (χ0v) is 10.6. The number of aliphatic hydroxyl groups is 1. The molecule has 1 atom stereocenters. The molecule has 0 spiro atoms. The summed E-state index contributed by atoms with van der Waals surface area (Å²) >= 11 is 0. The Bertz CT molecular complexity index is 225. The van der Waals surface area contributed by atoms with Crippen LogP contribution in [0.3, 0.4) is 0 Å². The highest BCUT2D eigenvalue weighted by Crippen LogP contribution is 2.32. The highest BCUT2D eigenvalue weighted by atomic mass is 16.7. The summed E-state index contributed by atoms with van der Waals surface area (Å²) < 4.78 is 11.1. The van der Waals surface area contributed by atoms with E-state index in [0.717, 1.165) is 12.8 Å². The van der Waals surface area contributed by atoms with Crippen molar-refractivity contribution < 1.29 is 14.6 Å². The van der Waals surface area contributed by atoms with Gasteiger partial charge in [-0.3, -0.25) is 0 Å². The van der Waals surface area contributed by atoms with Crippen molar-refractivity contribution in [3.63, 3.8) is 0 Å². The van der Waals surface area contributed by atoms with Crippen LogP contribution in [-0.2, 0) is 9.47 Å². The van der Waals surface area contributed by atoms with Crippen LogP contribution in [0.15, 0.2) is 0 Å². The molecule has 2 aliphatic rings. The smallest absolute Gasteiger partial charge is 0.177 e. The molecular weight excluding hydrogens is 218 g/mol. The van der Waals surface area contributed by atoms with Gasteiger partial charge in [-0.2, -0.15) is 0 Å². The number of aliphatic hydroxyl groups excluding tert-OH is 1. The summed E-state index contributed by atoms with van der Waals surface area (Å²) in [4.78, 5) is 0. The predicted molar refractivity (Wildman–Crippen MR) is 65.5 cm³/mol. The fraction of sp³-hybridized carbons (Fsp3) is 1.00. The Kier molecular flexibility index (Phi) is 4.79. The van der Waals surface area contributed by atoms with E-state index in [4.69, 9.17) is 15.2 Å². The third kappa shape index (κ3) is 3.41. The van der Waals surface area contributed by atoms with Gasteiger partial charge in [-0.05, 0) is 18.8 Å². The average Bonchev–Trinajstić information content (AvgIpc) is 2.41. The highest BCUT2D eigenvalue weighted by Gasteiger charge is 2.39. The zero-order valence-electron chi connectivity index (χ0n) is 10.6. The molecule has 1 saturated heterocycles. The van der Waals surface area contributed by atoms with Gasteiger partial charge < -0.3 is 20.3 Å². The average molecular weight is 243 g/mol. The van der Waals surface area contributed by atoms with E-state index in [1.165, 1.54) is 32.1 Å². The zero-order chi connectivity index (χ0) is 12.1. The van der Waals surface area contributed by atoms with Gasteiger partial charge in [0.15, 0.2) is 6.29 Å². The first kappa shape index (κ1) is 13.3. The van der Waals surface area contributed by atoms with E-state index in [1.807, 2.05) is 0 Å². The van der Waals surface area contributed by atoms with E-state index < -0.39 is 11.8 Å². The van der Waals surface area contributed by atoms with Crippen LogP contribution in [0.4, 0.5) is 0 Å². The van der Waals surface area contributed by atoms with E-state index in [9.17, 15) is 5.11 Å². The van der Waals surface area contributed by atoms with Crippen molar-refractivity contribution in [2.75, 3.05) is 19.8 Å². The van der Waals surface area contributed by atoms with Crippen LogP contribution in [0, 0.1) is 5.92 Å². The maximum atomic E-state index is 9.58. The Labute approximate surface area is 103 Å². The third-order valence-corrected chi connectivity index (χ3v) is 3.98. The fourth-order valence-corrected chi connectivity index (χ4v) is 2.98. The molecule has 2 fully saturated rings. The van der Waals surface area contributed by atoms with Crippen LogP contribution >= 0.6 is 0 Å². The van der Waals surface area contributed by atoms with Crippen LogP contribution in [0.1, 0.15) is 44.9 Å². The lowest BCUT2D eigenvalue weighted by Gasteiger charge is -2.40. The second-order valence-corrected chi connectivity index (χ2v) is 5.53. The number of ether oxygens (including phenoxy) is 2. The Hall–Kier alpha value is -0.160. The molecule has 4 nitrogen and oxygen atoms in total. The quantitative estimate of drug-likeness (QED) is 0.783. The van der Waals surface area contributed by atoms with Gasteiger partial charge in [0.1, 0.15) is 0 Å². The summed E-state index contributed by atoms with van der Waals surface area (Å²) in [5, 5.41) is 9.58. The molecule has 1 aliphatic carbocycles. The van der Waals surface area contributed by atoms with Crippen LogP contribution in [0.25, 0.3) is 0 Å². The Morgan fingerprint density at radius 1 is 1.06 bits per heavy atom. The van der Waals surface area contributed by atoms with Crippen LogP contribution in [0.5, 0.6) is 0 Å². The molecule has 17 heavy (non-hydrogen) atoms. The van der Waals surface area contributed by atoms with Crippen molar-refractivity contribution in [1.29, 1.82) is 0 Å². The molecule has 0 aromatic carbocycles. The van der Waals surface area contributed by atoms with Crippen molar-refractivity contribution in [3.05, 3.63) is 0 Å². The predicted octanol–water partition coefficient (Wildman–Crippen LogP) is 1.41. The third-order valence-electron chi connectivity index (χ3n) is 3.98. The lowest BCUT2D eigenvalue weighted by Crippen LogP contribution is -2.58. The van der Waals surface area contributed by atoms with E-state index in [0.29, 0.717) is 19.1 Å². The van der Waals surface area contributed by atoms with Gasteiger partial charge >= 0.3 is 0 Å². The van der Waals surface area contributed by atoms with Gasteiger partial charge in [-0.25, -0.2) is 0 Å². The van der Waals surface area contributed by atoms with Gasteiger partial charge in [0, 0.05) is 0 Å². The molecule has 1 heterocycles. The van der Waals surface area contributed by atoms with Gasteiger partial charge in [0.25, 0.3) is 0 Å². The standard InChI is InChI=1S/C13H25NO3/c14-13(10-15,12-16-7-4-8-17-12)9-11-5-2-1-3-6-11/h11-12,15H,1-10,14H2/t13-/m0/s1. The van der Waals surface area contributed by atoms with E-state index in [-0.39, 0.29) is 6.61 Å². The summed E-state index contributed by atoms with van der Waals surface area (Å²) in [7, 11) is 0. The highest BCUT2D eigenvalue weighted by molar-refractivity contribution is 4.91.